The largest absolute Gasteiger partial charge is 0.417 e. The number of para-hydroxylation sites is 1. The Kier molecular flexibility index (Phi) is 4.11. The Morgan fingerprint density at radius 1 is 0.864 bits per heavy atom. The fourth-order valence-corrected chi connectivity index (χ4v) is 2.02. The van der Waals surface area contributed by atoms with E-state index >= 15 is 0 Å². The third-order valence-electron chi connectivity index (χ3n) is 3.08. The van der Waals surface area contributed by atoms with Crippen molar-refractivity contribution in [3.05, 3.63) is 79.1 Å². The zero-order valence-corrected chi connectivity index (χ0v) is 11.8. The fraction of sp³-hybridized carbons (Fsp3) is 0. The van der Waals surface area contributed by atoms with Crippen LogP contribution in [0.1, 0.15) is 0 Å². The quantitative estimate of drug-likeness (QED) is 0.779. The summed E-state index contributed by atoms with van der Waals surface area (Å²) in [6.45, 7) is 0. The number of carbonyl (C=O) groups excluding carboxylic acids is 1. The highest BCUT2D eigenvalue weighted by atomic mass is 16.6. The summed E-state index contributed by atoms with van der Waals surface area (Å²) in [5, 5.41) is 2.69. The molecule has 1 amide bonds. The van der Waals surface area contributed by atoms with E-state index in [9.17, 15) is 4.79 Å². The van der Waals surface area contributed by atoms with Crippen molar-refractivity contribution in [2.75, 3.05) is 5.32 Å². The Bertz CT molecular complexity index is 741. The van der Waals surface area contributed by atoms with Gasteiger partial charge in [0.2, 0.25) is 0 Å². The van der Waals surface area contributed by atoms with Crippen molar-refractivity contribution in [3.63, 3.8) is 0 Å². The molecule has 108 valence electrons. The van der Waals surface area contributed by atoms with Gasteiger partial charge in [-0.25, -0.2) is 4.79 Å². The first kappa shape index (κ1) is 13.8. The molecule has 1 heterocycles. The number of rotatable bonds is 3. The van der Waals surface area contributed by atoms with Gasteiger partial charge in [-0.15, -0.1) is 0 Å². The van der Waals surface area contributed by atoms with Crippen molar-refractivity contribution < 1.29 is 9.53 Å². The van der Waals surface area contributed by atoms with Gasteiger partial charge in [0.1, 0.15) is 5.75 Å². The van der Waals surface area contributed by atoms with Gasteiger partial charge >= 0.3 is 6.09 Å². The molecule has 22 heavy (non-hydrogen) atoms. The van der Waals surface area contributed by atoms with Crippen LogP contribution in [-0.2, 0) is 0 Å². The van der Waals surface area contributed by atoms with Gasteiger partial charge in [0.05, 0.1) is 0 Å². The predicted octanol–water partition coefficient (Wildman–Crippen LogP) is 4.36. The lowest BCUT2D eigenvalue weighted by Crippen LogP contribution is -2.16. The molecule has 0 radical (unpaired) electrons. The first-order valence-electron chi connectivity index (χ1n) is 6.85. The number of nitrogens with one attached hydrogen (secondary N) is 1. The SMILES string of the molecule is O=C(Nc1ccc(-c2cccnc2)cc1)Oc1ccccc1. The molecule has 0 unspecified atom stereocenters. The van der Waals surface area contributed by atoms with Crippen LogP contribution in [0.4, 0.5) is 10.5 Å². The summed E-state index contributed by atoms with van der Waals surface area (Å²) < 4.78 is 5.17. The van der Waals surface area contributed by atoms with E-state index in [0.29, 0.717) is 11.4 Å². The average Bonchev–Trinajstić information content (AvgIpc) is 2.57. The van der Waals surface area contributed by atoms with Crippen molar-refractivity contribution in [1.29, 1.82) is 0 Å². The van der Waals surface area contributed by atoms with E-state index in [1.165, 1.54) is 0 Å². The zero-order valence-electron chi connectivity index (χ0n) is 11.8. The number of ether oxygens (including phenoxy) is 1. The molecule has 1 aromatic heterocycles. The number of amides is 1. The maximum absolute atomic E-state index is 11.8. The molecule has 0 spiro atoms. The molecule has 3 rings (SSSR count). The Labute approximate surface area is 128 Å². The third kappa shape index (κ3) is 3.49. The molecule has 4 nitrogen and oxygen atoms in total. The van der Waals surface area contributed by atoms with Crippen LogP contribution in [0.5, 0.6) is 5.75 Å². The Morgan fingerprint density at radius 2 is 1.64 bits per heavy atom. The molecular formula is C18H14N2O2. The molecule has 0 bridgehead atoms. The number of aromatic nitrogens is 1. The number of carbonyl (C=O) groups is 1. The van der Waals surface area contributed by atoms with Crippen molar-refractivity contribution in [2.45, 2.75) is 0 Å². The molecule has 4 heteroatoms. The lowest BCUT2D eigenvalue weighted by molar-refractivity contribution is 0.215. The summed E-state index contributed by atoms with van der Waals surface area (Å²) in [7, 11) is 0. The number of anilines is 1. The minimum absolute atomic E-state index is 0.506. The normalized spacial score (nSPS) is 10.0. The number of hydrogen-bond donors (Lipinski definition) is 1. The summed E-state index contributed by atoms with van der Waals surface area (Å²) in [5.41, 5.74) is 2.74. The summed E-state index contributed by atoms with van der Waals surface area (Å²) in [4.78, 5) is 15.9. The number of hydrogen-bond acceptors (Lipinski definition) is 3. The van der Waals surface area contributed by atoms with Gasteiger partial charge in [0.15, 0.2) is 0 Å². The molecule has 0 fully saturated rings. The van der Waals surface area contributed by atoms with Crippen LogP contribution in [-0.4, -0.2) is 11.1 Å². The van der Waals surface area contributed by atoms with Gasteiger partial charge in [-0.05, 0) is 41.5 Å². The number of pyridine rings is 1. The van der Waals surface area contributed by atoms with Gasteiger partial charge in [0, 0.05) is 18.1 Å². The minimum Gasteiger partial charge on any atom is -0.410 e. The molecule has 1 N–H and O–H groups in total. The van der Waals surface area contributed by atoms with E-state index in [4.69, 9.17) is 4.74 Å². The van der Waals surface area contributed by atoms with Gasteiger partial charge in [0.25, 0.3) is 0 Å². The van der Waals surface area contributed by atoms with Crippen LogP contribution in [0, 0.1) is 0 Å². The zero-order chi connectivity index (χ0) is 15.2. The van der Waals surface area contributed by atoms with Crippen LogP contribution in [0.2, 0.25) is 0 Å². The predicted molar refractivity (Wildman–Crippen MR) is 85.8 cm³/mol. The van der Waals surface area contributed by atoms with Crippen LogP contribution in [0.15, 0.2) is 79.1 Å². The minimum atomic E-state index is -0.514. The second kappa shape index (κ2) is 6.54. The van der Waals surface area contributed by atoms with Crippen LogP contribution >= 0.6 is 0 Å². The van der Waals surface area contributed by atoms with Crippen molar-refractivity contribution in [3.8, 4) is 16.9 Å². The highest BCUT2D eigenvalue weighted by molar-refractivity contribution is 5.86. The highest BCUT2D eigenvalue weighted by Crippen LogP contribution is 2.20. The molecule has 3 aromatic rings. The first-order valence-corrected chi connectivity index (χ1v) is 6.85. The smallest absolute Gasteiger partial charge is 0.410 e. The summed E-state index contributed by atoms with van der Waals surface area (Å²) in [6.07, 6.45) is 3.02. The lowest BCUT2D eigenvalue weighted by Gasteiger charge is -2.07. The van der Waals surface area contributed by atoms with E-state index in [0.717, 1.165) is 11.1 Å². The van der Waals surface area contributed by atoms with Gasteiger partial charge in [-0.1, -0.05) is 36.4 Å². The monoisotopic (exact) mass is 290 g/mol. The molecule has 0 aliphatic rings. The van der Waals surface area contributed by atoms with Crippen molar-refractivity contribution in [1.82, 2.24) is 4.98 Å². The molecule has 2 aromatic carbocycles. The first-order chi connectivity index (χ1) is 10.8. The molecule has 0 saturated carbocycles. The maximum Gasteiger partial charge on any atom is 0.417 e. The topological polar surface area (TPSA) is 51.2 Å². The van der Waals surface area contributed by atoms with Crippen LogP contribution in [0.25, 0.3) is 11.1 Å². The molecule has 0 aliphatic heterocycles. The second-order valence-corrected chi connectivity index (χ2v) is 4.65. The average molecular weight is 290 g/mol. The van der Waals surface area contributed by atoms with E-state index in [-0.39, 0.29) is 0 Å². The maximum atomic E-state index is 11.8. The van der Waals surface area contributed by atoms with E-state index in [2.05, 4.69) is 10.3 Å². The van der Waals surface area contributed by atoms with Gasteiger partial charge in [-0.3, -0.25) is 10.3 Å². The fourth-order valence-electron chi connectivity index (χ4n) is 2.02. The van der Waals surface area contributed by atoms with Crippen LogP contribution < -0.4 is 10.1 Å². The molecule has 0 aliphatic carbocycles. The van der Waals surface area contributed by atoms with Crippen molar-refractivity contribution >= 4 is 11.8 Å². The number of benzene rings is 2. The highest BCUT2D eigenvalue weighted by Gasteiger charge is 2.05. The third-order valence-corrected chi connectivity index (χ3v) is 3.08. The Morgan fingerprint density at radius 3 is 2.32 bits per heavy atom. The molecule has 0 atom stereocenters. The summed E-state index contributed by atoms with van der Waals surface area (Å²) >= 11 is 0. The number of nitrogens with zero attached hydrogens (tertiary/aromatic N) is 1. The van der Waals surface area contributed by atoms with Crippen LogP contribution in [0.3, 0.4) is 0 Å². The Balaban J connectivity index is 1.65. The standard InChI is InChI=1S/C18H14N2O2/c21-18(22-17-6-2-1-3-7-17)20-16-10-8-14(9-11-16)15-5-4-12-19-13-15/h1-13H,(H,20,21). The van der Waals surface area contributed by atoms with Crippen molar-refractivity contribution in [2.24, 2.45) is 0 Å². The van der Waals surface area contributed by atoms with Gasteiger partial charge < -0.3 is 4.74 Å². The second-order valence-electron chi connectivity index (χ2n) is 4.65. The van der Waals surface area contributed by atoms with E-state index in [1.807, 2.05) is 54.6 Å². The lowest BCUT2D eigenvalue weighted by atomic mass is 10.1. The Hall–Kier alpha value is -3.14. The molecular weight excluding hydrogens is 276 g/mol. The summed E-state index contributed by atoms with van der Waals surface area (Å²) in [6, 6.07) is 20.3. The van der Waals surface area contributed by atoms with E-state index in [1.54, 1.807) is 24.5 Å². The molecule has 0 saturated heterocycles. The van der Waals surface area contributed by atoms with Gasteiger partial charge in [-0.2, -0.15) is 0 Å². The summed E-state index contributed by atoms with van der Waals surface area (Å²) in [5.74, 6) is 0.506. The van der Waals surface area contributed by atoms with E-state index < -0.39 is 6.09 Å².